The Morgan fingerprint density at radius 3 is 3.09 bits per heavy atom. The van der Waals surface area contributed by atoms with Crippen LogP contribution in [0, 0.1) is 0 Å². The molecule has 0 amide bonds. The van der Waals surface area contributed by atoms with E-state index in [0.29, 0.717) is 0 Å². The second-order valence-corrected chi connectivity index (χ2v) is 2.98. The number of fused-ring (bicyclic) bond motifs is 1. The lowest BCUT2D eigenvalue weighted by Crippen LogP contribution is -1.73. The molecular formula is C7H5BrMgN2. The first-order valence-electron chi connectivity index (χ1n) is 2.95. The van der Waals surface area contributed by atoms with Gasteiger partial charge in [0.15, 0.2) is 0 Å². The SMILES string of the molecule is Brc1cnc2[nH]ccc2c1.[Mg]. The molecule has 1 N–H and O–H groups in total. The molecule has 2 aromatic heterocycles. The van der Waals surface area contributed by atoms with Crippen LogP contribution >= 0.6 is 15.9 Å². The molecule has 0 bridgehead atoms. The molecular weight excluding hydrogens is 216 g/mol. The normalized spacial score (nSPS) is 9.55. The Labute approximate surface area is 88.7 Å². The Hall–Kier alpha value is -0.0638. The Bertz CT molecular complexity index is 358. The summed E-state index contributed by atoms with van der Waals surface area (Å²) in [6.45, 7) is 0. The van der Waals surface area contributed by atoms with Crippen LogP contribution in [-0.4, -0.2) is 33.0 Å². The first kappa shape index (κ1) is 9.03. The molecule has 0 aromatic carbocycles. The fourth-order valence-corrected chi connectivity index (χ4v) is 1.26. The topological polar surface area (TPSA) is 28.7 Å². The zero-order valence-corrected chi connectivity index (χ0v) is 8.84. The number of nitrogens with one attached hydrogen (secondary N) is 1. The highest BCUT2D eigenvalue weighted by Gasteiger charge is 1.93. The van der Waals surface area contributed by atoms with Crippen molar-refractivity contribution < 1.29 is 0 Å². The summed E-state index contributed by atoms with van der Waals surface area (Å²) in [7, 11) is 0. The molecule has 52 valence electrons. The van der Waals surface area contributed by atoms with Crippen molar-refractivity contribution in [1.29, 1.82) is 0 Å². The van der Waals surface area contributed by atoms with E-state index in [-0.39, 0.29) is 23.1 Å². The molecule has 2 nitrogen and oxygen atoms in total. The zero-order valence-electron chi connectivity index (χ0n) is 5.84. The van der Waals surface area contributed by atoms with Gasteiger partial charge in [0.1, 0.15) is 5.65 Å². The molecule has 2 heterocycles. The van der Waals surface area contributed by atoms with Gasteiger partial charge in [-0.3, -0.25) is 0 Å². The molecule has 0 fully saturated rings. The molecule has 0 saturated carbocycles. The van der Waals surface area contributed by atoms with Crippen LogP contribution in [0.2, 0.25) is 0 Å². The summed E-state index contributed by atoms with van der Waals surface area (Å²) in [5.74, 6) is 0. The molecule has 2 aromatic rings. The maximum absolute atomic E-state index is 4.14. The Morgan fingerprint density at radius 2 is 2.27 bits per heavy atom. The van der Waals surface area contributed by atoms with Gasteiger partial charge in [-0.15, -0.1) is 0 Å². The van der Waals surface area contributed by atoms with Crippen molar-refractivity contribution in [3.05, 3.63) is 29.0 Å². The van der Waals surface area contributed by atoms with E-state index in [0.717, 1.165) is 15.5 Å². The van der Waals surface area contributed by atoms with E-state index in [1.54, 1.807) is 6.20 Å². The first-order chi connectivity index (χ1) is 4.86. The molecule has 0 unspecified atom stereocenters. The van der Waals surface area contributed by atoms with Crippen LogP contribution in [0.25, 0.3) is 11.0 Å². The number of hydrogen-bond donors (Lipinski definition) is 1. The zero-order chi connectivity index (χ0) is 6.97. The van der Waals surface area contributed by atoms with Crippen LogP contribution in [-0.2, 0) is 0 Å². The summed E-state index contributed by atoms with van der Waals surface area (Å²) in [5.41, 5.74) is 0.934. The number of nitrogens with zero attached hydrogens (tertiary/aromatic N) is 1. The monoisotopic (exact) mass is 220 g/mol. The lowest BCUT2D eigenvalue weighted by molar-refractivity contribution is 1.31. The summed E-state index contributed by atoms with van der Waals surface area (Å²) in [4.78, 5) is 7.15. The highest BCUT2D eigenvalue weighted by atomic mass is 79.9. The summed E-state index contributed by atoms with van der Waals surface area (Å²) in [6, 6.07) is 4.02. The van der Waals surface area contributed by atoms with E-state index in [1.807, 2.05) is 18.3 Å². The van der Waals surface area contributed by atoms with Crippen LogP contribution < -0.4 is 0 Å². The van der Waals surface area contributed by atoms with Crippen LogP contribution in [0.15, 0.2) is 29.0 Å². The smallest absolute Gasteiger partial charge is 0.137 e. The van der Waals surface area contributed by atoms with Crippen molar-refractivity contribution in [2.24, 2.45) is 0 Å². The maximum atomic E-state index is 4.14. The van der Waals surface area contributed by atoms with Gasteiger partial charge in [0.05, 0.1) is 0 Å². The van der Waals surface area contributed by atoms with E-state index in [9.17, 15) is 0 Å². The van der Waals surface area contributed by atoms with Gasteiger partial charge in [0.25, 0.3) is 0 Å². The summed E-state index contributed by atoms with van der Waals surface area (Å²) in [5, 5.41) is 1.13. The van der Waals surface area contributed by atoms with Crippen molar-refractivity contribution in [2.45, 2.75) is 0 Å². The van der Waals surface area contributed by atoms with Crippen molar-refractivity contribution in [1.82, 2.24) is 9.97 Å². The Morgan fingerprint density at radius 1 is 1.45 bits per heavy atom. The molecule has 0 aliphatic carbocycles. The minimum atomic E-state index is 0. The van der Waals surface area contributed by atoms with Gasteiger partial charge >= 0.3 is 0 Å². The van der Waals surface area contributed by atoms with Gasteiger partial charge in [-0.25, -0.2) is 4.98 Å². The molecule has 0 atom stereocenters. The third-order valence-corrected chi connectivity index (χ3v) is 1.80. The predicted molar refractivity (Wildman–Crippen MR) is 49.5 cm³/mol. The molecule has 0 aliphatic heterocycles. The predicted octanol–water partition coefficient (Wildman–Crippen LogP) is 1.94. The van der Waals surface area contributed by atoms with Crippen molar-refractivity contribution in [2.75, 3.05) is 0 Å². The largest absolute Gasteiger partial charge is 0.346 e. The van der Waals surface area contributed by atoms with E-state index in [2.05, 4.69) is 25.9 Å². The lowest BCUT2D eigenvalue weighted by atomic mass is 10.3. The van der Waals surface area contributed by atoms with E-state index in [4.69, 9.17) is 0 Å². The number of aromatic amines is 1. The van der Waals surface area contributed by atoms with E-state index < -0.39 is 0 Å². The van der Waals surface area contributed by atoms with Gasteiger partial charge in [-0.2, -0.15) is 0 Å². The second kappa shape index (κ2) is 3.56. The van der Waals surface area contributed by atoms with E-state index >= 15 is 0 Å². The Balaban J connectivity index is 0.000000605. The lowest BCUT2D eigenvalue weighted by Gasteiger charge is -1.88. The second-order valence-electron chi connectivity index (χ2n) is 2.07. The quantitative estimate of drug-likeness (QED) is 0.677. The number of pyridine rings is 1. The van der Waals surface area contributed by atoms with Gasteiger partial charge in [-0.05, 0) is 28.1 Å². The van der Waals surface area contributed by atoms with E-state index in [1.165, 1.54) is 0 Å². The summed E-state index contributed by atoms with van der Waals surface area (Å²) >= 11 is 3.34. The maximum Gasteiger partial charge on any atom is 0.137 e. The number of rotatable bonds is 0. The molecule has 0 spiro atoms. The minimum absolute atomic E-state index is 0. The van der Waals surface area contributed by atoms with Crippen LogP contribution in [0.1, 0.15) is 0 Å². The average Bonchev–Trinajstić information content (AvgIpc) is 2.33. The van der Waals surface area contributed by atoms with Gasteiger partial charge in [0.2, 0.25) is 0 Å². The molecule has 4 heteroatoms. The van der Waals surface area contributed by atoms with Crippen molar-refractivity contribution in [3.63, 3.8) is 0 Å². The average molecular weight is 221 g/mol. The van der Waals surface area contributed by atoms with Crippen molar-refractivity contribution >= 4 is 50.0 Å². The van der Waals surface area contributed by atoms with Gasteiger partial charge in [-0.1, -0.05) is 0 Å². The fraction of sp³-hybridized carbons (Fsp3) is 0. The molecule has 0 aliphatic rings. The van der Waals surface area contributed by atoms with Crippen LogP contribution in [0.4, 0.5) is 0 Å². The number of halogens is 1. The van der Waals surface area contributed by atoms with Crippen LogP contribution in [0.5, 0.6) is 0 Å². The first-order valence-corrected chi connectivity index (χ1v) is 3.74. The third kappa shape index (κ3) is 1.75. The summed E-state index contributed by atoms with van der Waals surface area (Å²) < 4.78 is 1.01. The van der Waals surface area contributed by atoms with Crippen molar-refractivity contribution in [3.8, 4) is 0 Å². The highest BCUT2D eigenvalue weighted by molar-refractivity contribution is 9.10. The molecule has 2 rings (SSSR count). The molecule has 2 radical (unpaired) electrons. The number of H-pyrrole nitrogens is 1. The van der Waals surface area contributed by atoms with Crippen LogP contribution in [0.3, 0.4) is 0 Å². The number of hydrogen-bond acceptors (Lipinski definition) is 1. The minimum Gasteiger partial charge on any atom is -0.346 e. The summed E-state index contributed by atoms with van der Waals surface area (Å²) in [6.07, 6.45) is 3.66. The van der Waals surface area contributed by atoms with Gasteiger partial charge in [0, 0.05) is 45.3 Å². The standard InChI is InChI=1S/C7H5BrN2.Mg/c8-6-3-5-1-2-9-7(5)10-4-6;/h1-4H,(H,9,10);. The number of aromatic nitrogens is 2. The third-order valence-electron chi connectivity index (χ3n) is 1.37. The fourth-order valence-electron chi connectivity index (χ4n) is 0.913. The van der Waals surface area contributed by atoms with Gasteiger partial charge < -0.3 is 4.98 Å². The molecule has 0 saturated heterocycles. The highest BCUT2D eigenvalue weighted by Crippen LogP contribution is 2.14. The Kier molecular flexibility index (Phi) is 2.92. The molecule has 11 heavy (non-hydrogen) atoms.